The van der Waals surface area contributed by atoms with Gasteiger partial charge in [0.15, 0.2) is 0 Å². The number of H-pyrrole nitrogens is 4. The number of aromatic amines is 4. The van der Waals surface area contributed by atoms with Crippen LogP contribution in [0.15, 0.2) is 73.3 Å². The van der Waals surface area contributed by atoms with Gasteiger partial charge in [-0.25, -0.2) is 19.2 Å². The van der Waals surface area contributed by atoms with E-state index < -0.39 is 0 Å². The van der Waals surface area contributed by atoms with E-state index in [1.807, 2.05) is 0 Å². The lowest BCUT2D eigenvalue weighted by Crippen LogP contribution is -2.51. The minimum absolute atomic E-state index is 0.254. The molecule has 16 heteroatoms. The number of hydrogen-bond acceptors (Lipinski definition) is 8. The van der Waals surface area contributed by atoms with Crippen molar-refractivity contribution in [3.8, 4) is 0 Å². The van der Waals surface area contributed by atoms with E-state index in [1.165, 1.54) is 38.6 Å². The van der Waals surface area contributed by atoms with E-state index in [1.54, 1.807) is 73.3 Å². The molecular formula is C54H96N8O8+4. The zero-order valence-electron chi connectivity index (χ0n) is 45.5. The second-order valence-electron chi connectivity index (χ2n) is 18.9. The Hall–Kier alpha value is -5.16. The smallest absolute Gasteiger partial charge is 0.354 e. The molecule has 4 rings (SSSR count). The molecule has 1 atom stereocenters. The van der Waals surface area contributed by atoms with E-state index in [4.69, 9.17) is 18.9 Å². The largest absolute Gasteiger partial charge is 0.455 e. The summed E-state index contributed by atoms with van der Waals surface area (Å²) < 4.78 is 25.0. The molecular weight excluding hydrogens is 889 g/mol. The standard InChI is InChI=1S/C16H28N2O2.C15H26N2O2.C13H22N2O2.C10H16N2O2/c1-4-7-12-18(6-3,11-5-2)13-14-20-16(19)15-9-8-10-17-15;1-4-10-17(6-3,11-5-2)12-13-19-15(18)14-8-7-9-16-14;1-4-15(5-2,6-3)10-11-17-13(16)12-8-7-9-14-12;1-12(2,3)7-8-14-10(13)9-5-4-6-11-9/h8-10H,4-7,11-14H2,1-3H3;7-9H,4-6,10-13H2,1-3H3;7-9H,4-6,10-11H2,1-3H3;4-6H,7-8H2,1-3H3/p+4. The predicted molar refractivity (Wildman–Crippen MR) is 281 cm³/mol. The molecule has 4 N–H and O–H groups in total. The summed E-state index contributed by atoms with van der Waals surface area (Å²) in [6.07, 6.45) is 12.8. The summed E-state index contributed by atoms with van der Waals surface area (Å²) in [5, 5.41) is 0. The quantitative estimate of drug-likeness (QED) is 0.0228. The Labute approximate surface area is 421 Å². The monoisotopic (exact) mass is 985 g/mol. The first kappa shape index (κ1) is 62.9. The van der Waals surface area contributed by atoms with Crippen LogP contribution in [0.25, 0.3) is 0 Å². The molecule has 0 aromatic carbocycles. The van der Waals surface area contributed by atoms with Crippen molar-refractivity contribution in [2.75, 3.05) is 133 Å². The zero-order valence-corrected chi connectivity index (χ0v) is 45.5. The van der Waals surface area contributed by atoms with Crippen molar-refractivity contribution in [3.05, 3.63) is 96.1 Å². The highest BCUT2D eigenvalue weighted by atomic mass is 16.5. The third-order valence-electron chi connectivity index (χ3n) is 13.1. The molecule has 0 aliphatic carbocycles. The third-order valence-corrected chi connectivity index (χ3v) is 13.1. The summed E-state index contributed by atoms with van der Waals surface area (Å²) in [5.74, 6) is -1.07. The Morgan fingerprint density at radius 3 is 0.871 bits per heavy atom. The Bertz CT molecular complexity index is 1890. The normalized spacial score (nSPS) is 12.2. The van der Waals surface area contributed by atoms with E-state index in [9.17, 15) is 19.2 Å². The molecule has 4 heterocycles. The first-order chi connectivity index (χ1) is 33.5. The fourth-order valence-corrected chi connectivity index (χ4v) is 8.23. The molecule has 0 aliphatic rings. The molecule has 0 bridgehead atoms. The van der Waals surface area contributed by atoms with Gasteiger partial charge in [0.25, 0.3) is 0 Å². The highest BCUT2D eigenvalue weighted by molar-refractivity contribution is 5.88. The van der Waals surface area contributed by atoms with Crippen LogP contribution in [0.5, 0.6) is 0 Å². The summed E-state index contributed by atoms with van der Waals surface area (Å²) >= 11 is 0. The summed E-state index contributed by atoms with van der Waals surface area (Å²) in [7, 11) is 6.17. The molecule has 0 spiro atoms. The van der Waals surface area contributed by atoms with Gasteiger partial charge in [-0.3, -0.25) is 0 Å². The number of quaternary nitrogens is 4. The predicted octanol–water partition coefficient (Wildman–Crippen LogP) is 8.97. The molecule has 16 nitrogen and oxygen atoms in total. The molecule has 4 aromatic rings. The van der Waals surface area contributed by atoms with Crippen molar-refractivity contribution in [1.82, 2.24) is 19.9 Å². The van der Waals surface area contributed by atoms with Crippen LogP contribution in [0.3, 0.4) is 0 Å². The number of carbonyl (C=O) groups excluding carboxylic acids is 4. The van der Waals surface area contributed by atoms with Gasteiger partial charge in [0.1, 0.15) is 75.4 Å². The van der Waals surface area contributed by atoms with Gasteiger partial charge < -0.3 is 56.8 Å². The summed E-state index contributed by atoms with van der Waals surface area (Å²) in [5.41, 5.74) is 2.09. The lowest BCUT2D eigenvalue weighted by Gasteiger charge is -2.37. The van der Waals surface area contributed by atoms with Gasteiger partial charge in [-0.15, -0.1) is 0 Å². The number of likely N-dealkylation sites (N-methyl/N-ethyl adjacent to an activating group) is 4. The van der Waals surface area contributed by atoms with Gasteiger partial charge in [0, 0.05) is 24.8 Å². The lowest BCUT2D eigenvalue weighted by molar-refractivity contribution is -0.926. The van der Waals surface area contributed by atoms with Crippen LogP contribution in [0.1, 0.15) is 136 Å². The number of nitrogens with zero attached hydrogens (tertiary/aromatic N) is 4. The topological polar surface area (TPSA) is 168 Å². The molecule has 0 fully saturated rings. The highest BCUT2D eigenvalue weighted by Gasteiger charge is 2.26. The van der Waals surface area contributed by atoms with Crippen LogP contribution >= 0.6 is 0 Å². The minimum atomic E-state index is -0.288. The Balaban J connectivity index is 0.000000470. The molecule has 70 heavy (non-hydrogen) atoms. The van der Waals surface area contributed by atoms with Gasteiger partial charge >= 0.3 is 23.9 Å². The van der Waals surface area contributed by atoms with Crippen LogP contribution in [0, 0.1) is 0 Å². The second kappa shape index (κ2) is 35.0. The first-order valence-corrected chi connectivity index (χ1v) is 26.1. The Morgan fingerprint density at radius 1 is 0.371 bits per heavy atom. The number of rotatable bonds is 30. The van der Waals surface area contributed by atoms with Gasteiger partial charge in [-0.05, 0) is 109 Å². The van der Waals surface area contributed by atoms with Gasteiger partial charge in [-0.2, -0.15) is 0 Å². The Morgan fingerprint density at radius 2 is 0.643 bits per heavy atom. The van der Waals surface area contributed by atoms with Crippen LogP contribution in [0.2, 0.25) is 0 Å². The number of aromatic nitrogens is 4. The van der Waals surface area contributed by atoms with Gasteiger partial charge in [-0.1, -0.05) is 34.1 Å². The number of nitrogens with one attached hydrogen (secondary N) is 4. The summed E-state index contributed by atoms with van der Waals surface area (Å²) in [6.45, 7) is 35.4. The van der Waals surface area contributed by atoms with Gasteiger partial charge in [0.05, 0.1) is 80.0 Å². The molecule has 0 saturated carbocycles. The van der Waals surface area contributed by atoms with Crippen LogP contribution in [-0.2, 0) is 18.9 Å². The summed E-state index contributed by atoms with van der Waals surface area (Å²) in [4.78, 5) is 57.9. The second-order valence-corrected chi connectivity index (χ2v) is 18.9. The zero-order chi connectivity index (χ0) is 52.3. The molecule has 0 radical (unpaired) electrons. The number of unbranched alkanes of at least 4 members (excludes halogenated alkanes) is 1. The number of ether oxygens (including phenoxy) is 4. The Kier molecular flexibility index (Phi) is 31.4. The SMILES string of the molecule is CCCC[N+](CC)(CCC)CCOC(=O)c1ccc[nH]1.CCC[N+](CC)(CCC)CCOC(=O)c1ccc[nH]1.CC[N+](CC)(CC)CCOC(=O)c1ccc[nH]1.C[N+](C)(C)CCOC(=O)c1ccc[nH]1. The van der Waals surface area contributed by atoms with E-state index in [-0.39, 0.29) is 23.9 Å². The molecule has 0 aliphatic heterocycles. The average molecular weight is 985 g/mol. The minimum Gasteiger partial charge on any atom is -0.455 e. The van der Waals surface area contributed by atoms with Crippen molar-refractivity contribution in [2.45, 2.75) is 94.4 Å². The molecule has 396 valence electrons. The lowest BCUT2D eigenvalue weighted by atomic mass is 10.2. The van der Waals surface area contributed by atoms with Crippen molar-refractivity contribution in [3.63, 3.8) is 0 Å². The van der Waals surface area contributed by atoms with Crippen LogP contribution in [0.4, 0.5) is 0 Å². The van der Waals surface area contributed by atoms with Gasteiger partial charge in [0.2, 0.25) is 0 Å². The fourth-order valence-electron chi connectivity index (χ4n) is 8.23. The van der Waals surface area contributed by atoms with Crippen LogP contribution in [-0.4, -0.2) is 194 Å². The van der Waals surface area contributed by atoms with Crippen molar-refractivity contribution in [1.29, 1.82) is 0 Å². The maximum atomic E-state index is 11.8. The fraction of sp³-hybridized carbons (Fsp3) is 0.630. The van der Waals surface area contributed by atoms with Crippen molar-refractivity contribution < 1.29 is 56.1 Å². The molecule has 4 aromatic heterocycles. The van der Waals surface area contributed by atoms with Crippen molar-refractivity contribution >= 4 is 23.9 Å². The maximum absolute atomic E-state index is 11.8. The third kappa shape index (κ3) is 24.6. The summed E-state index contributed by atoms with van der Waals surface area (Å²) in [6, 6.07) is 14.1. The van der Waals surface area contributed by atoms with Crippen LogP contribution < -0.4 is 0 Å². The highest BCUT2D eigenvalue weighted by Crippen LogP contribution is 2.13. The van der Waals surface area contributed by atoms with Crippen molar-refractivity contribution in [2.24, 2.45) is 0 Å². The molecule has 0 amide bonds. The average Bonchev–Trinajstić information content (AvgIpc) is 4.22. The van der Waals surface area contributed by atoms with E-state index in [0.717, 1.165) is 96.5 Å². The molecule has 1 unspecified atom stereocenters. The number of hydrogen-bond donors (Lipinski definition) is 4. The van der Waals surface area contributed by atoms with E-state index in [2.05, 4.69) is 103 Å². The number of esters is 4. The molecule has 0 saturated heterocycles. The van der Waals surface area contributed by atoms with E-state index >= 15 is 0 Å². The first-order valence-electron chi connectivity index (χ1n) is 26.1. The maximum Gasteiger partial charge on any atom is 0.354 e. The number of carbonyl (C=O) groups is 4. The van der Waals surface area contributed by atoms with E-state index in [0.29, 0.717) is 49.2 Å².